The van der Waals surface area contributed by atoms with Gasteiger partial charge in [-0.2, -0.15) is 0 Å². The Labute approximate surface area is 122 Å². The minimum Gasteiger partial charge on any atom is -0.298 e. The number of carbonyl (C=O) groups is 2. The van der Waals surface area contributed by atoms with Crippen LogP contribution in [0.25, 0.3) is 0 Å². The lowest BCUT2D eigenvalue weighted by molar-refractivity contribution is 0.0977. The minimum absolute atomic E-state index is 0.202. The number of aldehydes is 1. The maximum absolute atomic E-state index is 12.1. The Hall–Kier alpha value is -1.44. The first kappa shape index (κ1) is 16.6. The summed E-state index contributed by atoms with van der Waals surface area (Å²) < 4.78 is 0. The summed E-state index contributed by atoms with van der Waals surface area (Å²) in [4.78, 5) is 22.8. The van der Waals surface area contributed by atoms with Crippen LogP contribution in [0.15, 0.2) is 18.2 Å². The highest BCUT2D eigenvalue weighted by Gasteiger charge is 2.09. The molecule has 20 heavy (non-hydrogen) atoms. The van der Waals surface area contributed by atoms with Gasteiger partial charge in [0, 0.05) is 17.5 Å². The van der Waals surface area contributed by atoms with Gasteiger partial charge in [-0.1, -0.05) is 57.6 Å². The molecule has 0 bridgehead atoms. The molecule has 110 valence electrons. The minimum atomic E-state index is 0.202. The van der Waals surface area contributed by atoms with Crippen LogP contribution in [0.4, 0.5) is 0 Å². The molecule has 0 fully saturated rings. The van der Waals surface area contributed by atoms with Gasteiger partial charge in [0.15, 0.2) is 5.78 Å². The summed E-state index contributed by atoms with van der Waals surface area (Å²) in [5.74, 6) is 0.202. The van der Waals surface area contributed by atoms with Crippen molar-refractivity contribution in [1.29, 1.82) is 0 Å². The van der Waals surface area contributed by atoms with Gasteiger partial charge in [-0.3, -0.25) is 9.59 Å². The molecule has 2 nitrogen and oxygen atoms in total. The number of ketones is 1. The van der Waals surface area contributed by atoms with Crippen LogP contribution in [0.3, 0.4) is 0 Å². The van der Waals surface area contributed by atoms with Crippen LogP contribution >= 0.6 is 0 Å². The van der Waals surface area contributed by atoms with E-state index in [-0.39, 0.29) is 5.78 Å². The lowest BCUT2D eigenvalue weighted by atomic mass is 9.98. The molecule has 0 heterocycles. The van der Waals surface area contributed by atoms with Crippen molar-refractivity contribution in [3.63, 3.8) is 0 Å². The van der Waals surface area contributed by atoms with Crippen LogP contribution < -0.4 is 0 Å². The van der Waals surface area contributed by atoms with Crippen molar-refractivity contribution in [1.82, 2.24) is 0 Å². The first-order chi connectivity index (χ1) is 9.69. The van der Waals surface area contributed by atoms with E-state index in [1.807, 2.05) is 6.92 Å². The van der Waals surface area contributed by atoms with E-state index in [0.717, 1.165) is 30.3 Å². The van der Waals surface area contributed by atoms with E-state index in [0.29, 0.717) is 12.0 Å². The molecule has 1 rings (SSSR count). The van der Waals surface area contributed by atoms with Crippen LogP contribution in [0, 0.1) is 6.92 Å². The number of hydrogen-bond donors (Lipinski definition) is 0. The number of Topliss-reactive ketones (excluding diaryl/α,β-unsaturated/α-hetero) is 1. The number of carbonyl (C=O) groups excluding carboxylic acids is 2. The molecule has 0 aliphatic heterocycles. The Bertz CT molecular complexity index is 435. The molecule has 1 aromatic rings. The van der Waals surface area contributed by atoms with E-state index < -0.39 is 0 Å². The number of rotatable bonds is 10. The van der Waals surface area contributed by atoms with E-state index in [2.05, 4.69) is 6.92 Å². The topological polar surface area (TPSA) is 34.1 Å². The maximum Gasteiger partial charge on any atom is 0.163 e. The molecule has 0 aromatic heterocycles. The van der Waals surface area contributed by atoms with Gasteiger partial charge in [0.1, 0.15) is 6.29 Å². The fourth-order valence-corrected chi connectivity index (χ4v) is 2.45. The van der Waals surface area contributed by atoms with Crippen molar-refractivity contribution in [3.8, 4) is 0 Å². The molecule has 0 unspecified atom stereocenters. The van der Waals surface area contributed by atoms with Gasteiger partial charge in [-0.05, 0) is 25.0 Å². The Kier molecular flexibility index (Phi) is 7.86. The van der Waals surface area contributed by atoms with Crippen molar-refractivity contribution >= 4 is 12.1 Å². The summed E-state index contributed by atoms with van der Waals surface area (Å²) in [5.41, 5.74) is 2.30. The van der Waals surface area contributed by atoms with Gasteiger partial charge in [-0.15, -0.1) is 0 Å². The van der Waals surface area contributed by atoms with Gasteiger partial charge < -0.3 is 0 Å². The van der Waals surface area contributed by atoms with Gasteiger partial charge in [0.25, 0.3) is 0 Å². The van der Waals surface area contributed by atoms with E-state index >= 15 is 0 Å². The van der Waals surface area contributed by atoms with Crippen LogP contribution in [-0.4, -0.2) is 12.1 Å². The van der Waals surface area contributed by atoms with Crippen LogP contribution in [0.5, 0.6) is 0 Å². The number of unbranched alkanes of at least 4 members (excludes halogenated alkanes) is 6. The monoisotopic (exact) mass is 274 g/mol. The molecule has 0 amide bonds. The molecule has 0 N–H and O–H groups in total. The standard InChI is InChI=1S/C18H26O2/c1-3-4-5-6-7-8-9-10-18(20)17-12-11-16(14-19)13-15(17)2/h11-14H,3-10H2,1-2H3. The highest BCUT2D eigenvalue weighted by atomic mass is 16.1. The van der Waals surface area contributed by atoms with Gasteiger partial charge in [-0.25, -0.2) is 0 Å². The summed E-state index contributed by atoms with van der Waals surface area (Å²) in [7, 11) is 0. The predicted octanol–water partition coefficient (Wildman–Crippen LogP) is 5.13. The SMILES string of the molecule is CCCCCCCCCC(=O)c1ccc(C=O)cc1C. The largest absolute Gasteiger partial charge is 0.298 e. The zero-order valence-electron chi connectivity index (χ0n) is 12.8. The Morgan fingerprint density at radius 3 is 2.30 bits per heavy atom. The van der Waals surface area contributed by atoms with Gasteiger partial charge in [0.05, 0.1) is 0 Å². The lowest BCUT2D eigenvalue weighted by Gasteiger charge is -2.06. The second kappa shape index (κ2) is 9.46. The predicted molar refractivity (Wildman–Crippen MR) is 83.5 cm³/mol. The molecule has 2 heteroatoms. The first-order valence-corrected chi connectivity index (χ1v) is 7.78. The van der Waals surface area contributed by atoms with Crippen molar-refractivity contribution in [2.24, 2.45) is 0 Å². The zero-order chi connectivity index (χ0) is 14.8. The number of aryl methyl sites for hydroxylation is 1. The molecule has 0 saturated carbocycles. The molecule has 0 atom stereocenters. The van der Waals surface area contributed by atoms with Crippen LogP contribution in [0.1, 0.15) is 84.6 Å². The quantitative estimate of drug-likeness (QED) is 0.336. The zero-order valence-corrected chi connectivity index (χ0v) is 12.8. The Morgan fingerprint density at radius 1 is 1.05 bits per heavy atom. The fraction of sp³-hybridized carbons (Fsp3) is 0.556. The maximum atomic E-state index is 12.1. The summed E-state index contributed by atoms with van der Waals surface area (Å²) in [6.45, 7) is 4.11. The second-order valence-corrected chi connectivity index (χ2v) is 5.49. The van der Waals surface area contributed by atoms with E-state index in [1.165, 1.54) is 32.1 Å². The lowest BCUT2D eigenvalue weighted by Crippen LogP contribution is -2.02. The van der Waals surface area contributed by atoms with E-state index in [1.54, 1.807) is 18.2 Å². The summed E-state index contributed by atoms with van der Waals surface area (Å²) >= 11 is 0. The van der Waals surface area contributed by atoms with Crippen molar-refractivity contribution in [2.75, 3.05) is 0 Å². The smallest absolute Gasteiger partial charge is 0.163 e. The summed E-state index contributed by atoms with van der Waals surface area (Å²) in [6, 6.07) is 5.28. The normalized spacial score (nSPS) is 10.5. The molecule has 0 aliphatic carbocycles. The highest BCUT2D eigenvalue weighted by molar-refractivity contribution is 5.98. The van der Waals surface area contributed by atoms with Crippen molar-refractivity contribution in [2.45, 2.75) is 65.2 Å². The molecular weight excluding hydrogens is 248 g/mol. The molecular formula is C18H26O2. The van der Waals surface area contributed by atoms with Crippen molar-refractivity contribution in [3.05, 3.63) is 34.9 Å². The van der Waals surface area contributed by atoms with Gasteiger partial charge >= 0.3 is 0 Å². The average Bonchev–Trinajstić information content (AvgIpc) is 2.45. The number of hydrogen-bond acceptors (Lipinski definition) is 2. The summed E-state index contributed by atoms with van der Waals surface area (Å²) in [6.07, 6.45) is 9.98. The Balaban J connectivity index is 2.31. The second-order valence-electron chi connectivity index (χ2n) is 5.49. The molecule has 0 saturated heterocycles. The highest BCUT2D eigenvalue weighted by Crippen LogP contribution is 2.15. The molecule has 0 aliphatic rings. The van der Waals surface area contributed by atoms with E-state index in [9.17, 15) is 9.59 Å². The molecule has 0 radical (unpaired) electrons. The third-order valence-corrected chi connectivity index (χ3v) is 3.69. The molecule has 0 spiro atoms. The molecule has 1 aromatic carbocycles. The van der Waals surface area contributed by atoms with Crippen LogP contribution in [-0.2, 0) is 0 Å². The first-order valence-electron chi connectivity index (χ1n) is 7.78. The Morgan fingerprint density at radius 2 is 1.70 bits per heavy atom. The van der Waals surface area contributed by atoms with Crippen molar-refractivity contribution < 1.29 is 9.59 Å². The fourth-order valence-electron chi connectivity index (χ4n) is 2.45. The third-order valence-electron chi connectivity index (χ3n) is 3.69. The average molecular weight is 274 g/mol. The third kappa shape index (κ3) is 5.68. The van der Waals surface area contributed by atoms with Gasteiger partial charge in [0.2, 0.25) is 0 Å². The number of benzene rings is 1. The summed E-state index contributed by atoms with van der Waals surface area (Å²) in [5, 5.41) is 0. The van der Waals surface area contributed by atoms with E-state index in [4.69, 9.17) is 0 Å². The van der Waals surface area contributed by atoms with Crippen LogP contribution in [0.2, 0.25) is 0 Å².